The normalized spacial score (nSPS) is 17.9. The highest BCUT2D eigenvalue weighted by Crippen LogP contribution is 2.36. The maximum absolute atomic E-state index is 15.1. The summed E-state index contributed by atoms with van der Waals surface area (Å²) in [5, 5.41) is 0. The van der Waals surface area contributed by atoms with Crippen molar-refractivity contribution in [3.05, 3.63) is 89.8 Å². The largest absolute Gasteiger partial charge is 0.486 e. The molecule has 2 unspecified atom stereocenters. The van der Waals surface area contributed by atoms with E-state index in [1.165, 1.54) is 37.8 Å². The van der Waals surface area contributed by atoms with Gasteiger partial charge >= 0.3 is 0 Å². The third-order valence-electron chi connectivity index (χ3n) is 7.08. The van der Waals surface area contributed by atoms with Crippen LogP contribution < -0.4 is 4.74 Å². The van der Waals surface area contributed by atoms with Gasteiger partial charge in [0.25, 0.3) is 0 Å². The number of ether oxygens (including phenoxy) is 2. The highest BCUT2D eigenvalue weighted by atomic mass is 19.2. The topological polar surface area (TPSA) is 18.5 Å². The first-order chi connectivity index (χ1) is 18.0. The lowest BCUT2D eigenvalue weighted by atomic mass is 9.90. The Morgan fingerprint density at radius 1 is 0.892 bits per heavy atom. The number of unbranched alkanes of at least 4 members (excludes halogenated alkanes) is 2. The highest BCUT2D eigenvalue weighted by Gasteiger charge is 2.23. The van der Waals surface area contributed by atoms with Crippen LogP contribution in [0.3, 0.4) is 0 Å². The van der Waals surface area contributed by atoms with Gasteiger partial charge in [0.2, 0.25) is 5.82 Å². The number of allylic oxidation sites excluding steroid dienone is 1. The van der Waals surface area contributed by atoms with E-state index >= 15 is 4.39 Å². The summed E-state index contributed by atoms with van der Waals surface area (Å²) >= 11 is 0. The summed E-state index contributed by atoms with van der Waals surface area (Å²) in [5.41, 5.74) is 2.62. The fraction of sp³-hybridized carbons (Fsp3) is 0.375. The zero-order chi connectivity index (χ0) is 26.2. The van der Waals surface area contributed by atoms with Crippen LogP contribution in [0.25, 0.3) is 22.3 Å². The Hall–Kier alpha value is -3.05. The molecular formula is C32H35F3O2. The molecule has 1 aliphatic heterocycles. The van der Waals surface area contributed by atoms with Crippen LogP contribution in [0.5, 0.6) is 5.75 Å². The lowest BCUT2D eigenvalue weighted by Crippen LogP contribution is -2.20. The summed E-state index contributed by atoms with van der Waals surface area (Å²) in [5.74, 6) is -1.84. The molecule has 1 saturated heterocycles. The van der Waals surface area contributed by atoms with Crippen molar-refractivity contribution in [2.75, 3.05) is 13.2 Å². The monoisotopic (exact) mass is 508 g/mol. The summed E-state index contributed by atoms with van der Waals surface area (Å²) in [6, 6.07) is 15.0. The fourth-order valence-corrected chi connectivity index (χ4v) is 4.87. The van der Waals surface area contributed by atoms with Crippen molar-refractivity contribution in [2.24, 2.45) is 5.92 Å². The molecule has 3 aromatic rings. The van der Waals surface area contributed by atoms with E-state index < -0.39 is 11.6 Å². The van der Waals surface area contributed by atoms with Crippen LogP contribution in [-0.4, -0.2) is 13.2 Å². The van der Waals surface area contributed by atoms with Crippen LogP contribution in [0.15, 0.2) is 66.7 Å². The molecule has 2 nitrogen and oxygen atoms in total. The number of rotatable bonds is 10. The second-order valence-electron chi connectivity index (χ2n) is 9.70. The Kier molecular flexibility index (Phi) is 9.45. The molecule has 5 heteroatoms. The Morgan fingerprint density at radius 2 is 1.62 bits per heavy atom. The zero-order valence-electron chi connectivity index (χ0n) is 21.6. The Labute approximate surface area is 218 Å². The first-order valence-electron chi connectivity index (χ1n) is 13.3. The highest BCUT2D eigenvalue weighted by molar-refractivity contribution is 5.71. The van der Waals surface area contributed by atoms with E-state index in [9.17, 15) is 8.78 Å². The molecule has 1 fully saturated rings. The lowest BCUT2D eigenvalue weighted by Gasteiger charge is -2.29. The summed E-state index contributed by atoms with van der Waals surface area (Å²) in [4.78, 5) is 0. The molecule has 0 amide bonds. The first kappa shape index (κ1) is 27.0. The van der Waals surface area contributed by atoms with Gasteiger partial charge in [-0.3, -0.25) is 0 Å². The van der Waals surface area contributed by atoms with Gasteiger partial charge in [0.1, 0.15) is 12.4 Å². The van der Waals surface area contributed by atoms with Crippen molar-refractivity contribution >= 4 is 0 Å². The van der Waals surface area contributed by atoms with Gasteiger partial charge in [-0.25, -0.2) is 8.78 Å². The molecule has 4 rings (SSSR count). The third kappa shape index (κ3) is 6.64. The van der Waals surface area contributed by atoms with Crippen LogP contribution in [0.2, 0.25) is 0 Å². The molecule has 196 valence electrons. The van der Waals surface area contributed by atoms with Crippen molar-refractivity contribution in [2.45, 2.75) is 58.5 Å². The van der Waals surface area contributed by atoms with Crippen molar-refractivity contribution in [3.63, 3.8) is 0 Å². The van der Waals surface area contributed by atoms with Crippen LogP contribution in [-0.2, 0) is 4.74 Å². The standard InChI is InChI=1S/C32H35F3O2/c1-3-5-7-8-22-9-17-29(37-21-22)25-14-15-26(28(33)20-25)23-10-12-24(13-11-23)27-16-18-30(32(35)31(27)34)36-19-6-4-2/h4,6,10-16,18,20,22,29H,3,5,7-9,17,19,21H2,1-2H3/b6-4+. The van der Waals surface area contributed by atoms with Crippen LogP contribution in [0.4, 0.5) is 13.2 Å². The minimum atomic E-state index is -1.02. The second kappa shape index (κ2) is 13.0. The van der Waals surface area contributed by atoms with Gasteiger partial charge in [-0.15, -0.1) is 0 Å². The van der Waals surface area contributed by atoms with Crippen LogP contribution in [0, 0.1) is 23.4 Å². The Morgan fingerprint density at radius 3 is 2.27 bits per heavy atom. The molecule has 2 atom stereocenters. The number of benzene rings is 3. The fourth-order valence-electron chi connectivity index (χ4n) is 4.87. The van der Waals surface area contributed by atoms with Crippen molar-refractivity contribution in [1.29, 1.82) is 0 Å². The van der Waals surface area contributed by atoms with Crippen LogP contribution in [0.1, 0.15) is 64.0 Å². The zero-order valence-corrected chi connectivity index (χ0v) is 21.6. The Bertz CT molecular complexity index is 1200. The van der Waals surface area contributed by atoms with Gasteiger partial charge in [0.05, 0.1) is 12.7 Å². The molecule has 3 aromatic carbocycles. The van der Waals surface area contributed by atoms with E-state index in [1.807, 2.05) is 13.0 Å². The van der Waals surface area contributed by atoms with Crippen molar-refractivity contribution in [1.82, 2.24) is 0 Å². The van der Waals surface area contributed by atoms with E-state index in [0.29, 0.717) is 22.6 Å². The molecule has 0 saturated carbocycles. The van der Waals surface area contributed by atoms with Gasteiger partial charge < -0.3 is 9.47 Å². The van der Waals surface area contributed by atoms with E-state index in [-0.39, 0.29) is 29.8 Å². The summed E-state index contributed by atoms with van der Waals surface area (Å²) in [6.45, 7) is 4.93. The van der Waals surface area contributed by atoms with Gasteiger partial charge in [-0.05, 0) is 67.0 Å². The van der Waals surface area contributed by atoms with Gasteiger partial charge in [0.15, 0.2) is 11.6 Å². The minimum Gasteiger partial charge on any atom is -0.486 e. The van der Waals surface area contributed by atoms with E-state index in [0.717, 1.165) is 25.0 Å². The number of hydrogen-bond donors (Lipinski definition) is 0. The van der Waals surface area contributed by atoms with E-state index in [1.54, 1.807) is 48.6 Å². The summed E-state index contributed by atoms with van der Waals surface area (Å²) in [6.07, 6.45) is 10.4. The SMILES string of the molecule is C/C=C/COc1ccc(-c2ccc(-c3ccc(C4CCC(CCCCC)CO4)cc3F)cc2)c(F)c1F. The number of hydrogen-bond acceptors (Lipinski definition) is 2. The molecule has 0 N–H and O–H groups in total. The molecule has 37 heavy (non-hydrogen) atoms. The van der Waals surface area contributed by atoms with Gasteiger partial charge in [-0.1, -0.05) is 74.7 Å². The van der Waals surface area contributed by atoms with Crippen molar-refractivity contribution < 1.29 is 22.6 Å². The molecule has 0 aliphatic carbocycles. The molecular weight excluding hydrogens is 473 g/mol. The third-order valence-corrected chi connectivity index (χ3v) is 7.08. The average Bonchev–Trinajstić information content (AvgIpc) is 2.92. The van der Waals surface area contributed by atoms with Gasteiger partial charge in [0, 0.05) is 11.1 Å². The smallest absolute Gasteiger partial charge is 0.201 e. The molecule has 0 bridgehead atoms. The van der Waals surface area contributed by atoms with Gasteiger partial charge in [-0.2, -0.15) is 4.39 Å². The maximum Gasteiger partial charge on any atom is 0.201 e. The van der Waals surface area contributed by atoms with Crippen molar-refractivity contribution in [3.8, 4) is 28.0 Å². The van der Waals surface area contributed by atoms with E-state index in [4.69, 9.17) is 9.47 Å². The maximum atomic E-state index is 15.1. The molecule has 0 spiro atoms. The summed E-state index contributed by atoms with van der Waals surface area (Å²) < 4.78 is 55.6. The Balaban J connectivity index is 1.43. The average molecular weight is 509 g/mol. The molecule has 0 aromatic heterocycles. The predicted molar refractivity (Wildman–Crippen MR) is 143 cm³/mol. The molecule has 0 radical (unpaired) electrons. The van der Waals surface area contributed by atoms with Crippen LogP contribution >= 0.6 is 0 Å². The lowest BCUT2D eigenvalue weighted by molar-refractivity contribution is -0.0200. The predicted octanol–water partition coefficient (Wildman–Crippen LogP) is 9.44. The minimum absolute atomic E-state index is 0.0730. The second-order valence-corrected chi connectivity index (χ2v) is 9.70. The summed E-state index contributed by atoms with van der Waals surface area (Å²) in [7, 11) is 0. The first-order valence-corrected chi connectivity index (χ1v) is 13.3. The van der Waals surface area contributed by atoms with E-state index in [2.05, 4.69) is 6.92 Å². The quantitative estimate of drug-likeness (QED) is 0.201. The molecule has 1 heterocycles. The number of halogens is 3. The molecule has 1 aliphatic rings.